The zero-order valence-electron chi connectivity index (χ0n) is 10.3. The van der Waals surface area contributed by atoms with E-state index in [0.717, 1.165) is 10.3 Å². The van der Waals surface area contributed by atoms with Crippen LogP contribution in [0.1, 0.15) is 36.0 Å². The monoisotopic (exact) mass is 259 g/mol. The molecule has 1 heterocycles. The number of Topliss-reactive ketones (excluding diaryl/α,β-unsaturated/α-hetero) is 1. The van der Waals surface area contributed by atoms with E-state index in [4.69, 9.17) is 0 Å². The Hall–Kier alpha value is -1.19. The average molecular weight is 259 g/mol. The van der Waals surface area contributed by atoms with Crippen LogP contribution in [0.25, 0.3) is 10.1 Å². The van der Waals surface area contributed by atoms with E-state index in [-0.39, 0.29) is 5.78 Å². The summed E-state index contributed by atoms with van der Waals surface area (Å²) in [7, 11) is 0. The predicted molar refractivity (Wildman–Crippen MR) is 76.4 cm³/mol. The molecule has 3 heteroatoms. The summed E-state index contributed by atoms with van der Waals surface area (Å²) in [5.41, 5.74) is 0.869. The van der Waals surface area contributed by atoms with Crippen LogP contribution in [-0.4, -0.2) is 18.4 Å². The molecular formula is C15H17NOS. The molecule has 1 aromatic carbocycles. The molecule has 1 saturated carbocycles. The number of hydrogen-bond donors (Lipinski definition) is 1. The van der Waals surface area contributed by atoms with Gasteiger partial charge in [0.05, 0.1) is 6.54 Å². The van der Waals surface area contributed by atoms with E-state index in [0.29, 0.717) is 12.6 Å². The normalized spacial score (nSPS) is 16.4. The van der Waals surface area contributed by atoms with Crippen LogP contribution in [0.5, 0.6) is 0 Å². The first-order valence-corrected chi connectivity index (χ1v) is 7.45. The number of nitrogens with one attached hydrogen (secondary N) is 1. The van der Waals surface area contributed by atoms with Crippen molar-refractivity contribution in [3.8, 4) is 0 Å². The van der Waals surface area contributed by atoms with Gasteiger partial charge in [0, 0.05) is 16.3 Å². The quantitative estimate of drug-likeness (QED) is 0.850. The maximum Gasteiger partial charge on any atom is 0.178 e. The molecule has 0 spiro atoms. The summed E-state index contributed by atoms with van der Waals surface area (Å²) in [4.78, 5) is 12.3. The second-order valence-corrected chi connectivity index (χ2v) is 5.85. The number of carbonyl (C=O) groups is 1. The minimum absolute atomic E-state index is 0.218. The van der Waals surface area contributed by atoms with Crippen LogP contribution in [0, 0.1) is 0 Å². The van der Waals surface area contributed by atoms with Gasteiger partial charge in [-0.3, -0.25) is 4.79 Å². The summed E-state index contributed by atoms with van der Waals surface area (Å²) in [6.45, 7) is 0.474. The first kappa shape index (κ1) is 11.9. The number of thiophene rings is 1. The molecule has 0 saturated heterocycles. The SMILES string of the molecule is O=C(CNC1CCCC1)c1cccc2ccsc12. The molecule has 94 valence electrons. The smallest absolute Gasteiger partial charge is 0.178 e. The number of benzene rings is 1. The van der Waals surface area contributed by atoms with Gasteiger partial charge < -0.3 is 5.32 Å². The maximum atomic E-state index is 12.3. The lowest BCUT2D eigenvalue weighted by atomic mass is 10.1. The van der Waals surface area contributed by atoms with E-state index in [1.807, 2.05) is 17.5 Å². The third kappa shape index (κ3) is 2.33. The van der Waals surface area contributed by atoms with Crippen molar-refractivity contribution in [2.45, 2.75) is 31.7 Å². The summed E-state index contributed by atoms with van der Waals surface area (Å²) < 4.78 is 1.12. The second-order valence-electron chi connectivity index (χ2n) is 4.93. The third-order valence-electron chi connectivity index (χ3n) is 3.69. The Morgan fingerprint density at radius 2 is 2.11 bits per heavy atom. The summed E-state index contributed by atoms with van der Waals surface area (Å²) in [5, 5.41) is 6.61. The highest BCUT2D eigenvalue weighted by molar-refractivity contribution is 7.17. The first-order valence-electron chi connectivity index (χ1n) is 6.57. The largest absolute Gasteiger partial charge is 0.307 e. The molecule has 3 rings (SSSR count). The van der Waals surface area contributed by atoms with Gasteiger partial charge >= 0.3 is 0 Å². The van der Waals surface area contributed by atoms with Crippen LogP contribution in [0.2, 0.25) is 0 Å². The van der Waals surface area contributed by atoms with Crippen LogP contribution in [0.4, 0.5) is 0 Å². The first-order chi connectivity index (χ1) is 8.84. The van der Waals surface area contributed by atoms with Crippen molar-refractivity contribution in [1.29, 1.82) is 0 Å². The topological polar surface area (TPSA) is 29.1 Å². The molecule has 0 unspecified atom stereocenters. The summed E-state index contributed by atoms with van der Waals surface area (Å²) >= 11 is 1.65. The van der Waals surface area contributed by atoms with Crippen LogP contribution in [-0.2, 0) is 0 Å². The Morgan fingerprint density at radius 1 is 1.28 bits per heavy atom. The van der Waals surface area contributed by atoms with Gasteiger partial charge in [-0.1, -0.05) is 25.0 Å². The van der Waals surface area contributed by atoms with Gasteiger partial charge in [0.1, 0.15) is 0 Å². The van der Waals surface area contributed by atoms with E-state index in [2.05, 4.69) is 17.4 Å². The number of fused-ring (bicyclic) bond motifs is 1. The van der Waals surface area contributed by atoms with Crippen molar-refractivity contribution in [3.63, 3.8) is 0 Å². The summed E-state index contributed by atoms with van der Waals surface area (Å²) in [6.07, 6.45) is 5.03. The molecule has 0 amide bonds. The van der Waals surface area contributed by atoms with Crippen molar-refractivity contribution in [2.24, 2.45) is 0 Å². The predicted octanol–water partition coefficient (Wildman–Crippen LogP) is 3.62. The molecule has 0 bridgehead atoms. The van der Waals surface area contributed by atoms with E-state index >= 15 is 0 Å². The van der Waals surface area contributed by atoms with Crippen LogP contribution in [0.3, 0.4) is 0 Å². The maximum absolute atomic E-state index is 12.3. The Labute approximate surface area is 111 Å². The molecule has 2 nitrogen and oxygen atoms in total. The van der Waals surface area contributed by atoms with Gasteiger partial charge in [0.15, 0.2) is 5.78 Å². The zero-order chi connectivity index (χ0) is 12.4. The fraction of sp³-hybridized carbons (Fsp3) is 0.400. The lowest BCUT2D eigenvalue weighted by molar-refractivity contribution is 0.0989. The Balaban J connectivity index is 1.73. The number of hydrogen-bond acceptors (Lipinski definition) is 3. The van der Waals surface area contributed by atoms with Gasteiger partial charge in [0.2, 0.25) is 0 Å². The average Bonchev–Trinajstić information content (AvgIpc) is 3.05. The molecule has 0 aliphatic heterocycles. The fourth-order valence-corrected chi connectivity index (χ4v) is 3.61. The van der Waals surface area contributed by atoms with Gasteiger partial charge in [-0.2, -0.15) is 0 Å². The van der Waals surface area contributed by atoms with Crippen molar-refractivity contribution in [3.05, 3.63) is 35.2 Å². The fourth-order valence-electron chi connectivity index (χ4n) is 2.67. The molecule has 1 fully saturated rings. The second kappa shape index (κ2) is 5.21. The van der Waals surface area contributed by atoms with Gasteiger partial charge in [-0.15, -0.1) is 11.3 Å². The van der Waals surface area contributed by atoms with Crippen LogP contribution in [0.15, 0.2) is 29.6 Å². The Morgan fingerprint density at radius 3 is 2.94 bits per heavy atom. The Bertz CT molecular complexity index is 554. The number of rotatable bonds is 4. The lowest BCUT2D eigenvalue weighted by Crippen LogP contribution is -2.31. The molecular weight excluding hydrogens is 242 g/mol. The van der Waals surface area contributed by atoms with Crippen molar-refractivity contribution in [2.75, 3.05) is 6.54 Å². The molecule has 1 aliphatic carbocycles. The van der Waals surface area contributed by atoms with E-state index in [1.54, 1.807) is 11.3 Å². The molecule has 1 N–H and O–H groups in total. The molecule has 0 radical (unpaired) electrons. The molecule has 1 aromatic heterocycles. The highest BCUT2D eigenvalue weighted by Crippen LogP contribution is 2.25. The molecule has 2 aromatic rings. The third-order valence-corrected chi connectivity index (χ3v) is 4.65. The van der Waals surface area contributed by atoms with E-state index < -0.39 is 0 Å². The van der Waals surface area contributed by atoms with Crippen molar-refractivity contribution < 1.29 is 4.79 Å². The summed E-state index contributed by atoms with van der Waals surface area (Å²) in [5.74, 6) is 0.218. The highest BCUT2D eigenvalue weighted by Gasteiger charge is 2.17. The van der Waals surface area contributed by atoms with Crippen molar-refractivity contribution >= 4 is 27.2 Å². The minimum atomic E-state index is 0.218. The summed E-state index contributed by atoms with van der Waals surface area (Å²) in [6, 6.07) is 8.60. The van der Waals surface area contributed by atoms with E-state index in [9.17, 15) is 4.79 Å². The molecule has 0 atom stereocenters. The Kier molecular flexibility index (Phi) is 3.43. The lowest BCUT2D eigenvalue weighted by Gasteiger charge is -2.11. The van der Waals surface area contributed by atoms with E-state index in [1.165, 1.54) is 31.1 Å². The highest BCUT2D eigenvalue weighted by atomic mass is 32.1. The van der Waals surface area contributed by atoms with Crippen molar-refractivity contribution in [1.82, 2.24) is 5.32 Å². The van der Waals surface area contributed by atoms with Crippen LogP contribution < -0.4 is 5.32 Å². The standard InChI is InChI=1S/C15H17NOS/c17-14(10-16-12-5-1-2-6-12)13-7-3-4-11-8-9-18-15(11)13/h3-4,7-9,12,16H,1-2,5-6,10H2. The van der Waals surface area contributed by atoms with Gasteiger partial charge in [0.25, 0.3) is 0 Å². The number of carbonyl (C=O) groups excluding carboxylic acids is 1. The zero-order valence-corrected chi connectivity index (χ0v) is 11.1. The van der Waals surface area contributed by atoms with Gasteiger partial charge in [-0.25, -0.2) is 0 Å². The minimum Gasteiger partial charge on any atom is -0.307 e. The molecule has 1 aliphatic rings. The van der Waals surface area contributed by atoms with Crippen LogP contribution >= 0.6 is 11.3 Å². The van der Waals surface area contributed by atoms with Gasteiger partial charge in [-0.05, 0) is 35.7 Å². The number of ketones is 1. The molecule has 18 heavy (non-hydrogen) atoms.